The van der Waals surface area contributed by atoms with E-state index in [0.29, 0.717) is 24.0 Å². The molecule has 126 valence electrons. The standard InChI is InChI=1S/C19H26O4/c1-10-8-16(21)17-13(10)9-19(3)7-6-12(11(2)18(22)23)14(19)4-5-15(17)20/h10,12-14,20H,2,4-9H2,1,3H3,(H,22,23)/t10-,12+,13+,14-,19+/m0/s1. The smallest absolute Gasteiger partial charge is 0.331 e. The second-order valence-electron chi connectivity index (χ2n) is 8.05. The molecule has 3 aliphatic rings. The molecule has 2 N–H and O–H groups in total. The van der Waals surface area contributed by atoms with E-state index >= 15 is 0 Å². The third kappa shape index (κ3) is 2.52. The number of Topliss-reactive ketones (excluding diaryl/α,β-unsaturated/α-hetero) is 1. The second kappa shape index (κ2) is 5.50. The quantitative estimate of drug-likeness (QED) is 0.758. The molecule has 0 saturated heterocycles. The molecule has 2 saturated carbocycles. The van der Waals surface area contributed by atoms with Crippen LogP contribution in [0, 0.1) is 29.1 Å². The summed E-state index contributed by atoms with van der Waals surface area (Å²) in [4.78, 5) is 23.6. The van der Waals surface area contributed by atoms with Gasteiger partial charge in [-0.15, -0.1) is 0 Å². The lowest BCUT2D eigenvalue weighted by atomic mass is 9.65. The summed E-state index contributed by atoms with van der Waals surface area (Å²) in [5, 5.41) is 19.7. The van der Waals surface area contributed by atoms with E-state index in [2.05, 4.69) is 20.4 Å². The summed E-state index contributed by atoms with van der Waals surface area (Å²) < 4.78 is 0. The number of allylic oxidation sites excluding steroid dienone is 2. The van der Waals surface area contributed by atoms with E-state index in [1.807, 2.05) is 0 Å². The van der Waals surface area contributed by atoms with E-state index in [4.69, 9.17) is 0 Å². The highest BCUT2D eigenvalue weighted by molar-refractivity contribution is 5.98. The third-order valence-corrected chi connectivity index (χ3v) is 6.68. The summed E-state index contributed by atoms with van der Waals surface area (Å²) in [5.41, 5.74) is 0.995. The highest BCUT2D eigenvalue weighted by Crippen LogP contribution is 2.58. The summed E-state index contributed by atoms with van der Waals surface area (Å²) in [6, 6.07) is 0. The van der Waals surface area contributed by atoms with Gasteiger partial charge >= 0.3 is 5.97 Å². The number of carboxylic acid groups (broad SMARTS) is 1. The Bertz CT molecular complexity index is 602. The Hall–Kier alpha value is -1.58. The molecule has 4 heteroatoms. The number of carbonyl (C=O) groups is 2. The molecule has 0 bridgehead atoms. The molecule has 0 amide bonds. The number of aliphatic carboxylic acids is 1. The summed E-state index contributed by atoms with van der Waals surface area (Å²) in [7, 11) is 0. The van der Waals surface area contributed by atoms with Gasteiger partial charge in [0.25, 0.3) is 0 Å². The minimum Gasteiger partial charge on any atom is -0.512 e. The predicted molar refractivity (Wildman–Crippen MR) is 86.9 cm³/mol. The average Bonchev–Trinajstić information content (AvgIpc) is 2.91. The molecular weight excluding hydrogens is 292 g/mol. The summed E-state index contributed by atoms with van der Waals surface area (Å²) in [5.74, 6) is 0.0248. The lowest BCUT2D eigenvalue weighted by Gasteiger charge is -2.39. The number of carbonyl (C=O) groups excluding carboxylic acids is 1. The highest BCUT2D eigenvalue weighted by Gasteiger charge is 2.51. The number of aliphatic hydroxyl groups excluding tert-OH is 1. The average molecular weight is 318 g/mol. The molecule has 0 aliphatic heterocycles. The molecule has 0 aromatic carbocycles. The van der Waals surface area contributed by atoms with Gasteiger partial charge in [0.15, 0.2) is 5.78 Å². The highest BCUT2D eigenvalue weighted by atomic mass is 16.4. The Morgan fingerprint density at radius 2 is 2.04 bits per heavy atom. The zero-order valence-corrected chi connectivity index (χ0v) is 14.0. The zero-order chi connectivity index (χ0) is 16.9. The molecular formula is C19H26O4. The molecule has 3 aliphatic carbocycles. The topological polar surface area (TPSA) is 74.6 Å². The van der Waals surface area contributed by atoms with Crippen LogP contribution in [0.3, 0.4) is 0 Å². The molecule has 0 radical (unpaired) electrons. The molecule has 0 heterocycles. The first-order valence-corrected chi connectivity index (χ1v) is 8.62. The molecule has 4 nitrogen and oxygen atoms in total. The first-order valence-electron chi connectivity index (χ1n) is 8.62. The molecule has 3 rings (SSSR count). The van der Waals surface area contributed by atoms with Crippen molar-refractivity contribution in [2.45, 2.75) is 52.4 Å². The number of aliphatic hydroxyl groups is 1. The van der Waals surface area contributed by atoms with Crippen molar-refractivity contribution < 1.29 is 19.8 Å². The number of rotatable bonds is 2. The number of hydrogen-bond donors (Lipinski definition) is 2. The largest absolute Gasteiger partial charge is 0.512 e. The van der Waals surface area contributed by atoms with Crippen molar-refractivity contribution in [2.75, 3.05) is 0 Å². The van der Waals surface area contributed by atoms with Crippen LogP contribution in [0.2, 0.25) is 0 Å². The van der Waals surface area contributed by atoms with E-state index < -0.39 is 5.97 Å². The van der Waals surface area contributed by atoms with Crippen LogP contribution in [0.4, 0.5) is 0 Å². The van der Waals surface area contributed by atoms with Gasteiger partial charge in [0.2, 0.25) is 0 Å². The van der Waals surface area contributed by atoms with Gasteiger partial charge in [-0.25, -0.2) is 4.79 Å². The number of ketones is 1. The number of fused-ring (bicyclic) bond motifs is 2. The Kier molecular flexibility index (Phi) is 3.89. The maximum absolute atomic E-state index is 12.2. The molecule has 5 atom stereocenters. The minimum atomic E-state index is -0.911. The van der Waals surface area contributed by atoms with Crippen molar-refractivity contribution in [3.05, 3.63) is 23.5 Å². The van der Waals surface area contributed by atoms with Gasteiger partial charge in [-0.1, -0.05) is 20.4 Å². The van der Waals surface area contributed by atoms with Gasteiger partial charge in [-0.3, -0.25) is 4.79 Å². The molecule has 0 unspecified atom stereocenters. The van der Waals surface area contributed by atoms with Crippen LogP contribution in [0.25, 0.3) is 0 Å². The lowest BCUT2D eigenvalue weighted by Crippen LogP contribution is -2.32. The van der Waals surface area contributed by atoms with Crippen molar-refractivity contribution in [3.8, 4) is 0 Å². The van der Waals surface area contributed by atoms with E-state index in [1.54, 1.807) is 0 Å². The van der Waals surface area contributed by atoms with Crippen LogP contribution in [-0.2, 0) is 9.59 Å². The molecule has 0 aromatic heterocycles. The normalized spacial score (nSPS) is 40.3. The Morgan fingerprint density at radius 3 is 2.70 bits per heavy atom. The van der Waals surface area contributed by atoms with Gasteiger partial charge in [0.1, 0.15) is 0 Å². The summed E-state index contributed by atoms with van der Waals surface area (Å²) >= 11 is 0. The summed E-state index contributed by atoms with van der Waals surface area (Å²) in [6.45, 7) is 8.12. The minimum absolute atomic E-state index is 0.0146. The van der Waals surface area contributed by atoms with E-state index in [-0.39, 0.29) is 40.6 Å². The monoisotopic (exact) mass is 318 g/mol. The van der Waals surface area contributed by atoms with E-state index in [9.17, 15) is 19.8 Å². The van der Waals surface area contributed by atoms with Crippen molar-refractivity contribution in [2.24, 2.45) is 29.1 Å². The molecule has 0 aromatic rings. The summed E-state index contributed by atoms with van der Waals surface area (Å²) in [6.07, 6.45) is 4.42. The fraction of sp³-hybridized carbons (Fsp3) is 0.684. The predicted octanol–water partition coefficient (Wildman–Crippen LogP) is 3.88. The lowest BCUT2D eigenvalue weighted by molar-refractivity contribution is -0.133. The van der Waals surface area contributed by atoms with Crippen molar-refractivity contribution in [1.29, 1.82) is 0 Å². The van der Waals surface area contributed by atoms with Gasteiger partial charge in [-0.2, -0.15) is 0 Å². The van der Waals surface area contributed by atoms with Crippen LogP contribution in [0.1, 0.15) is 52.4 Å². The number of carboxylic acids is 1. The Morgan fingerprint density at radius 1 is 1.35 bits per heavy atom. The van der Waals surface area contributed by atoms with Gasteiger partial charge in [-0.05, 0) is 54.8 Å². The van der Waals surface area contributed by atoms with Crippen LogP contribution < -0.4 is 0 Å². The molecule has 2 fully saturated rings. The van der Waals surface area contributed by atoms with Crippen LogP contribution in [-0.4, -0.2) is 22.0 Å². The van der Waals surface area contributed by atoms with Gasteiger partial charge in [0.05, 0.1) is 5.76 Å². The fourth-order valence-electron chi connectivity index (χ4n) is 5.38. The number of hydrogen-bond acceptors (Lipinski definition) is 3. The van der Waals surface area contributed by atoms with Gasteiger partial charge < -0.3 is 10.2 Å². The fourth-order valence-corrected chi connectivity index (χ4v) is 5.38. The molecule has 23 heavy (non-hydrogen) atoms. The maximum Gasteiger partial charge on any atom is 0.331 e. The van der Waals surface area contributed by atoms with E-state index in [1.165, 1.54) is 0 Å². The second-order valence-corrected chi connectivity index (χ2v) is 8.05. The van der Waals surface area contributed by atoms with Crippen LogP contribution >= 0.6 is 0 Å². The Labute approximate surface area is 137 Å². The van der Waals surface area contributed by atoms with Crippen molar-refractivity contribution in [1.82, 2.24) is 0 Å². The van der Waals surface area contributed by atoms with Crippen molar-refractivity contribution >= 4 is 11.8 Å². The van der Waals surface area contributed by atoms with E-state index in [0.717, 1.165) is 25.7 Å². The maximum atomic E-state index is 12.2. The SMILES string of the molecule is C=C(C(=O)O)[C@H]1CC[C@]2(C)C[C@H]3C(=C(O)CC[C@@H]12)C(=O)C[C@@H]3C. The third-order valence-electron chi connectivity index (χ3n) is 6.68. The first kappa shape index (κ1) is 16.3. The van der Waals surface area contributed by atoms with Gasteiger partial charge in [0, 0.05) is 24.0 Å². The Balaban J connectivity index is 1.95. The first-order chi connectivity index (χ1) is 10.7. The van der Waals surface area contributed by atoms with Crippen molar-refractivity contribution in [3.63, 3.8) is 0 Å². The van der Waals surface area contributed by atoms with Crippen LogP contribution in [0.5, 0.6) is 0 Å². The zero-order valence-electron chi connectivity index (χ0n) is 14.0. The van der Waals surface area contributed by atoms with Crippen LogP contribution in [0.15, 0.2) is 23.5 Å². The molecule has 0 spiro atoms.